The van der Waals surface area contributed by atoms with Crippen LogP contribution in [0.4, 0.5) is 0 Å². The van der Waals surface area contributed by atoms with Crippen LogP contribution in [0.1, 0.15) is 15.9 Å². The summed E-state index contributed by atoms with van der Waals surface area (Å²) in [5, 5.41) is 12.2. The second-order valence-corrected chi connectivity index (χ2v) is 6.35. The van der Waals surface area contributed by atoms with Crippen molar-refractivity contribution in [3.05, 3.63) is 53.6 Å². The Morgan fingerprint density at radius 3 is 2.64 bits per heavy atom. The van der Waals surface area contributed by atoms with Crippen LogP contribution in [0.2, 0.25) is 6.82 Å². The molecule has 1 aliphatic heterocycles. The molecule has 0 atom stereocenters. The van der Waals surface area contributed by atoms with Crippen molar-refractivity contribution in [3.8, 4) is 16.9 Å². The third kappa shape index (κ3) is 4.21. The number of benzene rings is 2. The Hall–Kier alpha value is -2.31. The summed E-state index contributed by atoms with van der Waals surface area (Å²) in [4.78, 5) is 14.7. The highest BCUT2D eigenvalue weighted by Gasteiger charge is 2.24. The number of rotatable bonds is 5. The molecule has 0 fully saturated rings. The molecule has 1 heterocycles. The molecule has 2 aromatic carbocycles. The third-order valence-corrected chi connectivity index (χ3v) is 4.32. The molecule has 0 unspecified atom stereocenters. The average molecular weight is 338 g/mol. The van der Waals surface area contributed by atoms with E-state index in [-0.39, 0.29) is 5.91 Å². The van der Waals surface area contributed by atoms with Gasteiger partial charge < -0.3 is 19.9 Å². The standard InChI is InChI=1S/C19H23BN2O3/c1-14-3-5-15(6-4-14)16-7-8-18-17(13-16)19(23)22(11-12-25-18)10-9-21-20(2)24/h3-8,13,21,24H,9-12H2,1-2H3. The minimum atomic E-state index is -0.584. The number of fused-ring (bicyclic) bond motifs is 1. The number of nitrogens with zero attached hydrogens (tertiary/aromatic N) is 1. The number of amides is 1. The van der Waals surface area contributed by atoms with Crippen LogP contribution < -0.4 is 9.96 Å². The van der Waals surface area contributed by atoms with E-state index in [4.69, 9.17) is 4.74 Å². The van der Waals surface area contributed by atoms with Gasteiger partial charge in [-0.05, 0) is 37.0 Å². The Morgan fingerprint density at radius 2 is 1.92 bits per heavy atom. The number of aryl methyl sites for hydroxylation is 1. The second kappa shape index (κ2) is 7.72. The molecule has 25 heavy (non-hydrogen) atoms. The molecular formula is C19H23BN2O3. The van der Waals surface area contributed by atoms with Crippen molar-refractivity contribution in [2.75, 3.05) is 26.2 Å². The van der Waals surface area contributed by atoms with Crippen LogP contribution in [-0.2, 0) is 0 Å². The van der Waals surface area contributed by atoms with Crippen LogP contribution in [0.3, 0.4) is 0 Å². The van der Waals surface area contributed by atoms with Crippen LogP contribution >= 0.6 is 0 Å². The number of hydrogen-bond acceptors (Lipinski definition) is 4. The van der Waals surface area contributed by atoms with Gasteiger partial charge in [-0.3, -0.25) is 4.79 Å². The summed E-state index contributed by atoms with van der Waals surface area (Å²) in [6.07, 6.45) is 0. The van der Waals surface area contributed by atoms with Crippen molar-refractivity contribution >= 4 is 13.0 Å². The molecule has 2 aromatic rings. The highest BCUT2D eigenvalue weighted by atomic mass is 16.5. The molecule has 0 radical (unpaired) electrons. The zero-order valence-electron chi connectivity index (χ0n) is 14.7. The van der Waals surface area contributed by atoms with Gasteiger partial charge in [-0.15, -0.1) is 0 Å². The third-order valence-electron chi connectivity index (χ3n) is 4.32. The quantitative estimate of drug-likeness (QED) is 0.821. The van der Waals surface area contributed by atoms with E-state index in [2.05, 4.69) is 36.4 Å². The molecule has 1 amide bonds. The largest absolute Gasteiger partial charge is 0.491 e. The molecule has 130 valence electrons. The van der Waals surface area contributed by atoms with Gasteiger partial charge in [-0.25, -0.2) is 0 Å². The summed E-state index contributed by atoms with van der Waals surface area (Å²) >= 11 is 0. The summed E-state index contributed by atoms with van der Waals surface area (Å²) in [7, 11) is -0.584. The first kappa shape index (κ1) is 17.5. The van der Waals surface area contributed by atoms with Gasteiger partial charge in [0.25, 0.3) is 5.91 Å². The molecule has 5 nitrogen and oxygen atoms in total. The summed E-state index contributed by atoms with van der Waals surface area (Å²) < 4.78 is 5.75. The van der Waals surface area contributed by atoms with Crippen molar-refractivity contribution in [1.82, 2.24) is 10.1 Å². The molecule has 0 spiro atoms. The van der Waals surface area contributed by atoms with Crippen LogP contribution in [0.15, 0.2) is 42.5 Å². The summed E-state index contributed by atoms with van der Waals surface area (Å²) in [6, 6.07) is 14.0. The first-order valence-electron chi connectivity index (χ1n) is 8.59. The zero-order valence-corrected chi connectivity index (χ0v) is 14.7. The molecule has 2 N–H and O–H groups in total. The van der Waals surface area contributed by atoms with Gasteiger partial charge >= 0.3 is 7.05 Å². The summed E-state index contributed by atoms with van der Waals surface area (Å²) in [6.45, 7) is 5.79. The number of ether oxygens (including phenoxy) is 1. The smallest absolute Gasteiger partial charge is 0.373 e. The van der Waals surface area contributed by atoms with Crippen molar-refractivity contribution in [1.29, 1.82) is 0 Å². The Balaban J connectivity index is 1.84. The average Bonchev–Trinajstić information content (AvgIpc) is 2.75. The van der Waals surface area contributed by atoms with Crippen LogP contribution in [0.25, 0.3) is 11.1 Å². The van der Waals surface area contributed by atoms with Gasteiger partial charge in [0.05, 0.1) is 12.1 Å². The molecule has 0 aromatic heterocycles. The summed E-state index contributed by atoms with van der Waals surface area (Å²) in [5.74, 6) is 0.598. The summed E-state index contributed by atoms with van der Waals surface area (Å²) in [5.41, 5.74) is 3.87. The predicted molar refractivity (Wildman–Crippen MR) is 99.9 cm³/mol. The van der Waals surface area contributed by atoms with E-state index >= 15 is 0 Å². The number of hydrogen-bond donors (Lipinski definition) is 2. The lowest BCUT2D eigenvalue weighted by Gasteiger charge is -2.20. The molecule has 0 saturated heterocycles. The van der Waals surface area contributed by atoms with Gasteiger partial charge in [0.1, 0.15) is 12.4 Å². The first-order valence-corrected chi connectivity index (χ1v) is 8.59. The predicted octanol–water partition coefficient (Wildman–Crippen LogP) is 2.20. The zero-order chi connectivity index (χ0) is 17.8. The highest BCUT2D eigenvalue weighted by molar-refractivity contribution is 6.45. The second-order valence-electron chi connectivity index (χ2n) is 6.35. The van der Waals surface area contributed by atoms with Gasteiger partial charge in [-0.1, -0.05) is 35.9 Å². The molecular weight excluding hydrogens is 315 g/mol. The van der Waals surface area contributed by atoms with Crippen LogP contribution in [0.5, 0.6) is 5.75 Å². The van der Waals surface area contributed by atoms with Crippen LogP contribution in [0, 0.1) is 6.92 Å². The maximum atomic E-state index is 12.9. The van der Waals surface area contributed by atoms with Crippen molar-refractivity contribution in [2.24, 2.45) is 0 Å². The molecule has 0 bridgehead atoms. The molecule has 1 aliphatic rings. The topological polar surface area (TPSA) is 61.8 Å². The Labute approximate surface area is 148 Å². The van der Waals surface area contributed by atoms with Gasteiger partial charge in [0.2, 0.25) is 0 Å². The van der Waals surface area contributed by atoms with E-state index < -0.39 is 7.05 Å². The molecule has 0 aliphatic carbocycles. The minimum Gasteiger partial charge on any atom is -0.491 e. The fourth-order valence-corrected chi connectivity index (χ4v) is 2.91. The van der Waals surface area contributed by atoms with E-state index in [1.807, 2.05) is 18.2 Å². The molecule has 0 saturated carbocycles. The fraction of sp³-hybridized carbons (Fsp3) is 0.316. The highest BCUT2D eigenvalue weighted by Crippen LogP contribution is 2.29. The Kier molecular flexibility index (Phi) is 5.41. The van der Waals surface area contributed by atoms with E-state index in [1.165, 1.54) is 5.56 Å². The maximum Gasteiger partial charge on any atom is 0.373 e. The molecule has 3 rings (SSSR count). The van der Waals surface area contributed by atoms with Gasteiger partial charge in [0.15, 0.2) is 0 Å². The lowest BCUT2D eigenvalue weighted by atomic mass is 9.89. The van der Waals surface area contributed by atoms with Gasteiger partial charge in [-0.2, -0.15) is 0 Å². The first-order chi connectivity index (χ1) is 12.0. The normalized spacial score (nSPS) is 13.9. The number of carbonyl (C=O) groups excluding carboxylic acids is 1. The van der Waals surface area contributed by atoms with E-state index in [0.29, 0.717) is 37.6 Å². The lowest BCUT2D eigenvalue weighted by Crippen LogP contribution is -2.41. The lowest BCUT2D eigenvalue weighted by molar-refractivity contribution is 0.0758. The van der Waals surface area contributed by atoms with E-state index in [9.17, 15) is 9.82 Å². The minimum absolute atomic E-state index is 0.0335. The molecule has 6 heteroatoms. The Bertz CT molecular complexity index is 747. The van der Waals surface area contributed by atoms with Crippen LogP contribution in [-0.4, -0.2) is 49.1 Å². The van der Waals surface area contributed by atoms with E-state index in [0.717, 1.165) is 11.1 Å². The van der Waals surface area contributed by atoms with Crippen molar-refractivity contribution in [2.45, 2.75) is 13.7 Å². The Morgan fingerprint density at radius 1 is 1.20 bits per heavy atom. The van der Waals surface area contributed by atoms with Crippen molar-refractivity contribution in [3.63, 3.8) is 0 Å². The van der Waals surface area contributed by atoms with Crippen molar-refractivity contribution < 1.29 is 14.6 Å². The number of nitrogens with one attached hydrogen (secondary N) is 1. The monoisotopic (exact) mass is 338 g/mol. The van der Waals surface area contributed by atoms with Gasteiger partial charge in [0, 0.05) is 13.1 Å². The maximum absolute atomic E-state index is 12.9. The fourth-order valence-electron chi connectivity index (χ4n) is 2.91. The van der Waals surface area contributed by atoms with E-state index in [1.54, 1.807) is 11.7 Å². The number of carbonyl (C=O) groups is 1. The SMILES string of the molecule is CB(O)NCCN1CCOc2ccc(-c3ccc(C)cc3)cc2C1=O.